The molecule has 1 amide bonds. The van der Waals surface area contributed by atoms with Gasteiger partial charge in [-0.05, 0) is 35.5 Å². The standard InChI is InChI=1S/C19H15FN8O2/c1-30-16-5-4-13(20)7-14(16)15-8-17(23-11-22-15)24-18(29)10-28-26-19(25-27-28)12-3-2-6-21-9-12/h2-9,11H,10H2,1H3,(H,22,23,24,29). The highest BCUT2D eigenvalue weighted by Gasteiger charge is 2.13. The van der Waals surface area contributed by atoms with Gasteiger partial charge in [-0.3, -0.25) is 9.78 Å². The normalized spacial score (nSPS) is 10.6. The first kappa shape index (κ1) is 19.1. The zero-order valence-corrected chi connectivity index (χ0v) is 15.7. The number of halogens is 1. The van der Waals surface area contributed by atoms with Gasteiger partial charge in [0.25, 0.3) is 0 Å². The summed E-state index contributed by atoms with van der Waals surface area (Å²) in [4.78, 5) is 25.7. The van der Waals surface area contributed by atoms with Crippen LogP contribution >= 0.6 is 0 Å². The van der Waals surface area contributed by atoms with E-state index in [9.17, 15) is 9.18 Å². The molecule has 4 rings (SSSR count). The van der Waals surface area contributed by atoms with Gasteiger partial charge in [-0.15, -0.1) is 10.2 Å². The lowest BCUT2D eigenvalue weighted by Crippen LogP contribution is -2.21. The van der Waals surface area contributed by atoms with E-state index in [2.05, 4.69) is 35.7 Å². The molecule has 0 radical (unpaired) electrons. The first-order valence-electron chi connectivity index (χ1n) is 8.76. The van der Waals surface area contributed by atoms with Gasteiger partial charge in [-0.1, -0.05) is 0 Å². The molecule has 3 aromatic heterocycles. The predicted octanol–water partition coefficient (Wildman–Crippen LogP) is 1.98. The van der Waals surface area contributed by atoms with Crippen molar-refractivity contribution in [1.82, 2.24) is 35.2 Å². The average molecular weight is 406 g/mol. The Hall–Kier alpha value is -4.28. The van der Waals surface area contributed by atoms with Gasteiger partial charge in [0.1, 0.15) is 30.3 Å². The number of hydrogen-bond donors (Lipinski definition) is 1. The maximum absolute atomic E-state index is 13.7. The zero-order chi connectivity index (χ0) is 20.9. The fourth-order valence-electron chi connectivity index (χ4n) is 2.68. The van der Waals surface area contributed by atoms with Gasteiger partial charge in [0.05, 0.1) is 12.8 Å². The summed E-state index contributed by atoms with van der Waals surface area (Å²) in [5.74, 6) is 0.196. The van der Waals surface area contributed by atoms with Crippen molar-refractivity contribution in [3.63, 3.8) is 0 Å². The van der Waals surface area contributed by atoms with Crippen molar-refractivity contribution in [2.45, 2.75) is 6.54 Å². The second kappa shape index (κ2) is 8.39. The number of ether oxygens (including phenoxy) is 1. The van der Waals surface area contributed by atoms with Gasteiger partial charge in [-0.25, -0.2) is 14.4 Å². The maximum Gasteiger partial charge on any atom is 0.249 e. The SMILES string of the molecule is COc1ccc(F)cc1-c1cc(NC(=O)Cn2nnc(-c3cccnc3)n2)ncn1. The van der Waals surface area contributed by atoms with Gasteiger partial charge in [-0.2, -0.15) is 4.80 Å². The number of tetrazole rings is 1. The Morgan fingerprint density at radius 2 is 2.13 bits per heavy atom. The molecule has 0 saturated heterocycles. The monoisotopic (exact) mass is 406 g/mol. The Morgan fingerprint density at radius 3 is 2.93 bits per heavy atom. The molecule has 1 aromatic carbocycles. The van der Waals surface area contributed by atoms with Crippen LogP contribution < -0.4 is 10.1 Å². The molecule has 150 valence electrons. The Morgan fingerprint density at radius 1 is 1.23 bits per heavy atom. The number of amides is 1. The number of anilines is 1. The largest absolute Gasteiger partial charge is 0.496 e. The summed E-state index contributed by atoms with van der Waals surface area (Å²) < 4.78 is 18.9. The van der Waals surface area contributed by atoms with Crippen LogP contribution in [0.3, 0.4) is 0 Å². The summed E-state index contributed by atoms with van der Waals surface area (Å²) in [5, 5.41) is 14.6. The third-order valence-corrected chi connectivity index (χ3v) is 4.03. The van der Waals surface area contributed by atoms with Crippen LogP contribution in [0.5, 0.6) is 5.75 Å². The molecule has 10 nitrogen and oxygen atoms in total. The lowest BCUT2D eigenvalue weighted by molar-refractivity contribution is -0.117. The first-order chi connectivity index (χ1) is 14.6. The number of aromatic nitrogens is 7. The Kier molecular flexibility index (Phi) is 5.33. The molecular formula is C19H15FN8O2. The highest BCUT2D eigenvalue weighted by atomic mass is 19.1. The summed E-state index contributed by atoms with van der Waals surface area (Å²) in [6.07, 6.45) is 4.50. The molecule has 30 heavy (non-hydrogen) atoms. The van der Waals surface area contributed by atoms with Gasteiger partial charge < -0.3 is 10.1 Å². The van der Waals surface area contributed by atoms with E-state index in [0.29, 0.717) is 28.4 Å². The number of nitrogens with one attached hydrogen (secondary N) is 1. The minimum absolute atomic E-state index is 0.171. The third-order valence-electron chi connectivity index (χ3n) is 4.03. The molecule has 0 atom stereocenters. The number of benzene rings is 1. The van der Waals surface area contributed by atoms with Gasteiger partial charge in [0.15, 0.2) is 0 Å². The number of pyridine rings is 1. The van der Waals surface area contributed by atoms with Crippen LogP contribution in [0.25, 0.3) is 22.6 Å². The van der Waals surface area contributed by atoms with Crippen molar-refractivity contribution in [1.29, 1.82) is 0 Å². The molecule has 0 saturated carbocycles. The fraction of sp³-hybridized carbons (Fsp3) is 0.105. The first-order valence-corrected chi connectivity index (χ1v) is 8.76. The second-order valence-electron chi connectivity index (χ2n) is 6.07. The molecule has 0 aliphatic carbocycles. The van der Waals surface area contributed by atoms with Gasteiger partial charge in [0, 0.05) is 29.6 Å². The fourth-order valence-corrected chi connectivity index (χ4v) is 2.68. The van der Waals surface area contributed by atoms with Crippen LogP contribution in [0.2, 0.25) is 0 Å². The topological polar surface area (TPSA) is 121 Å². The molecule has 0 fully saturated rings. The number of nitrogens with zero attached hydrogens (tertiary/aromatic N) is 7. The maximum atomic E-state index is 13.7. The molecule has 11 heteroatoms. The van der Waals surface area contributed by atoms with Crippen LogP contribution in [-0.2, 0) is 11.3 Å². The number of carbonyl (C=O) groups is 1. The van der Waals surface area contributed by atoms with Crippen LogP contribution in [-0.4, -0.2) is 48.2 Å². The van der Waals surface area contributed by atoms with Crippen LogP contribution in [0, 0.1) is 5.82 Å². The molecule has 0 spiro atoms. The Labute approximate surface area is 169 Å². The van der Waals surface area contributed by atoms with Crippen molar-refractivity contribution in [2.75, 3.05) is 12.4 Å². The summed E-state index contributed by atoms with van der Waals surface area (Å²) in [5.41, 5.74) is 1.53. The molecule has 1 N–H and O–H groups in total. The number of methoxy groups -OCH3 is 1. The predicted molar refractivity (Wildman–Crippen MR) is 104 cm³/mol. The van der Waals surface area contributed by atoms with E-state index in [4.69, 9.17) is 4.74 Å². The number of rotatable bonds is 6. The van der Waals surface area contributed by atoms with Gasteiger partial charge >= 0.3 is 0 Å². The van der Waals surface area contributed by atoms with E-state index in [1.807, 2.05) is 0 Å². The Balaban J connectivity index is 1.48. The van der Waals surface area contributed by atoms with E-state index >= 15 is 0 Å². The lowest BCUT2D eigenvalue weighted by Gasteiger charge is -2.09. The molecule has 0 unspecified atom stereocenters. The minimum Gasteiger partial charge on any atom is -0.496 e. The summed E-state index contributed by atoms with van der Waals surface area (Å²) in [7, 11) is 1.48. The molecular weight excluding hydrogens is 391 g/mol. The number of hydrogen-bond acceptors (Lipinski definition) is 8. The highest BCUT2D eigenvalue weighted by molar-refractivity contribution is 5.90. The van der Waals surface area contributed by atoms with Crippen molar-refractivity contribution in [2.24, 2.45) is 0 Å². The second-order valence-corrected chi connectivity index (χ2v) is 6.07. The quantitative estimate of drug-likeness (QED) is 0.516. The van der Waals surface area contributed by atoms with Crippen molar-refractivity contribution >= 4 is 11.7 Å². The van der Waals surface area contributed by atoms with Crippen LogP contribution in [0.1, 0.15) is 0 Å². The smallest absolute Gasteiger partial charge is 0.249 e. The third kappa shape index (κ3) is 4.24. The highest BCUT2D eigenvalue weighted by Crippen LogP contribution is 2.29. The van der Waals surface area contributed by atoms with Crippen LogP contribution in [0.15, 0.2) is 55.1 Å². The van der Waals surface area contributed by atoms with E-state index in [-0.39, 0.29) is 12.4 Å². The summed E-state index contributed by atoms with van der Waals surface area (Å²) >= 11 is 0. The Bertz CT molecular complexity index is 1180. The van der Waals surface area contributed by atoms with Crippen molar-refractivity contribution < 1.29 is 13.9 Å². The van der Waals surface area contributed by atoms with Gasteiger partial charge in [0.2, 0.25) is 11.7 Å². The zero-order valence-electron chi connectivity index (χ0n) is 15.7. The van der Waals surface area contributed by atoms with E-state index in [1.165, 1.54) is 37.7 Å². The molecule has 0 aliphatic rings. The lowest BCUT2D eigenvalue weighted by atomic mass is 10.1. The molecule has 0 bridgehead atoms. The number of carbonyl (C=O) groups excluding carboxylic acids is 1. The molecule has 4 aromatic rings. The summed E-state index contributed by atoms with van der Waals surface area (Å²) in [6.45, 7) is -0.171. The minimum atomic E-state index is -0.434. The molecule has 0 aliphatic heterocycles. The average Bonchev–Trinajstić information content (AvgIpc) is 3.23. The van der Waals surface area contributed by atoms with Crippen molar-refractivity contribution in [3.8, 4) is 28.4 Å². The van der Waals surface area contributed by atoms with Crippen LogP contribution in [0.4, 0.5) is 10.2 Å². The summed E-state index contributed by atoms with van der Waals surface area (Å²) in [6, 6.07) is 9.15. The molecule has 3 heterocycles. The van der Waals surface area contributed by atoms with E-state index in [1.54, 1.807) is 24.5 Å². The van der Waals surface area contributed by atoms with E-state index < -0.39 is 11.7 Å². The van der Waals surface area contributed by atoms with Crippen molar-refractivity contribution in [3.05, 3.63) is 60.9 Å². The van der Waals surface area contributed by atoms with E-state index in [0.717, 1.165) is 4.80 Å².